The van der Waals surface area contributed by atoms with E-state index in [4.69, 9.17) is 4.74 Å². The van der Waals surface area contributed by atoms with Crippen molar-refractivity contribution < 1.29 is 4.74 Å². The Kier molecular flexibility index (Phi) is 6.75. The molecule has 0 radical (unpaired) electrons. The van der Waals surface area contributed by atoms with E-state index in [-0.39, 0.29) is 11.5 Å². The molecule has 0 amide bonds. The van der Waals surface area contributed by atoms with E-state index in [9.17, 15) is 0 Å². The first kappa shape index (κ1) is 19.2. The molecule has 2 heterocycles. The second kappa shape index (κ2) is 8.80. The van der Waals surface area contributed by atoms with Gasteiger partial charge in [0.1, 0.15) is 5.82 Å². The second-order valence-corrected chi connectivity index (χ2v) is 7.12. The molecule has 2 rings (SSSR count). The molecule has 2 aromatic rings. The Morgan fingerprint density at radius 2 is 2.08 bits per heavy atom. The zero-order valence-corrected chi connectivity index (χ0v) is 15.9. The summed E-state index contributed by atoms with van der Waals surface area (Å²) in [6, 6.07) is 5.92. The van der Waals surface area contributed by atoms with E-state index in [2.05, 4.69) is 46.6 Å². The summed E-state index contributed by atoms with van der Waals surface area (Å²) in [4.78, 5) is 4.27. The van der Waals surface area contributed by atoms with E-state index in [0.717, 1.165) is 36.8 Å². The highest BCUT2D eigenvalue weighted by Gasteiger charge is 2.24. The molecule has 0 aliphatic heterocycles. The Hall–Kier alpha value is -2.15. The highest BCUT2D eigenvalue weighted by Crippen LogP contribution is 2.20. The Balaban J connectivity index is 1.76. The van der Waals surface area contributed by atoms with Gasteiger partial charge in [-0.1, -0.05) is 26.8 Å². The normalized spacial score (nSPS) is 13.9. The average molecular weight is 346 g/mol. The van der Waals surface area contributed by atoms with Gasteiger partial charge in [-0.2, -0.15) is 0 Å². The van der Waals surface area contributed by atoms with Crippen molar-refractivity contribution in [1.29, 1.82) is 0 Å². The summed E-state index contributed by atoms with van der Waals surface area (Å²) < 4.78 is 7.59. The number of nitrogens with one attached hydrogen (secondary N) is 2. The minimum atomic E-state index is 0.0787. The number of hydrogen-bond donors (Lipinski definition) is 2. The lowest BCUT2D eigenvalue weighted by atomic mass is 9.89. The van der Waals surface area contributed by atoms with Crippen molar-refractivity contribution in [3.8, 4) is 0 Å². The number of aryl methyl sites for hydroxylation is 1. The lowest BCUT2D eigenvalue weighted by molar-refractivity contribution is 0.0205. The molecule has 0 aromatic carbocycles. The van der Waals surface area contributed by atoms with Gasteiger partial charge in [0, 0.05) is 39.9 Å². The van der Waals surface area contributed by atoms with E-state index < -0.39 is 0 Å². The van der Waals surface area contributed by atoms with Crippen LogP contribution in [0.1, 0.15) is 33.0 Å². The fourth-order valence-corrected chi connectivity index (χ4v) is 2.67. The molecule has 25 heavy (non-hydrogen) atoms. The van der Waals surface area contributed by atoms with Crippen molar-refractivity contribution in [2.75, 3.05) is 27.2 Å². The second-order valence-electron chi connectivity index (χ2n) is 7.12. The molecule has 0 saturated heterocycles. The molecule has 1 atom stereocenters. The Bertz CT molecular complexity index is 688. The zero-order chi connectivity index (χ0) is 18.3. The number of methoxy groups -OCH3 is 1. The molecule has 7 heteroatoms. The monoisotopic (exact) mass is 346 g/mol. The summed E-state index contributed by atoms with van der Waals surface area (Å²) in [5.74, 6) is 1.77. The molecule has 1 unspecified atom stereocenters. The third kappa shape index (κ3) is 5.42. The third-order valence-corrected chi connectivity index (χ3v) is 4.18. The minimum absolute atomic E-state index is 0.0787. The van der Waals surface area contributed by atoms with Gasteiger partial charge in [-0.05, 0) is 24.0 Å². The first-order valence-corrected chi connectivity index (χ1v) is 8.71. The molecule has 0 fully saturated rings. The lowest BCUT2D eigenvalue weighted by Gasteiger charge is -2.30. The van der Waals surface area contributed by atoms with E-state index in [1.165, 1.54) is 0 Å². The van der Waals surface area contributed by atoms with Crippen molar-refractivity contribution >= 4 is 11.6 Å². The van der Waals surface area contributed by atoms with E-state index >= 15 is 0 Å². The van der Waals surface area contributed by atoms with Crippen LogP contribution in [-0.2, 0) is 11.2 Å². The molecule has 0 aliphatic carbocycles. The summed E-state index contributed by atoms with van der Waals surface area (Å²) >= 11 is 0. The van der Waals surface area contributed by atoms with Gasteiger partial charge in [0.15, 0.2) is 11.6 Å². The van der Waals surface area contributed by atoms with Crippen molar-refractivity contribution in [3.63, 3.8) is 0 Å². The fourth-order valence-electron chi connectivity index (χ4n) is 2.67. The third-order valence-electron chi connectivity index (χ3n) is 4.18. The van der Waals surface area contributed by atoms with Crippen LogP contribution in [0.3, 0.4) is 0 Å². The number of ether oxygens (including phenoxy) is 1. The molecule has 2 N–H and O–H groups in total. The van der Waals surface area contributed by atoms with Crippen LogP contribution in [0.5, 0.6) is 0 Å². The van der Waals surface area contributed by atoms with Crippen LogP contribution in [0.2, 0.25) is 0 Å². The van der Waals surface area contributed by atoms with Gasteiger partial charge in [-0.15, -0.1) is 10.2 Å². The van der Waals surface area contributed by atoms with E-state index in [1.807, 2.05) is 28.8 Å². The summed E-state index contributed by atoms with van der Waals surface area (Å²) in [6.45, 7) is 8.04. The number of hydrogen-bond acceptors (Lipinski definition) is 4. The fraction of sp³-hybridized carbons (Fsp3) is 0.611. The molecular weight excluding hydrogens is 316 g/mol. The van der Waals surface area contributed by atoms with Gasteiger partial charge in [0.25, 0.3) is 0 Å². The van der Waals surface area contributed by atoms with Crippen LogP contribution in [0.15, 0.2) is 29.4 Å². The Morgan fingerprint density at radius 3 is 2.76 bits per heavy atom. The van der Waals surface area contributed by atoms with Gasteiger partial charge in [0.2, 0.25) is 0 Å². The number of rotatable bonds is 7. The number of nitrogens with zero attached hydrogens (tertiary/aromatic N) is 4. The SMILES string of the molecule is CN=C(NCCCc1nnc2ccccn12)NCC(OC)C(C)(C)C. The Labute approximate surface area is 149 Å². The maximum absolute atomic E-state index is 5.56. The van der Waals surface area contributed by atoms with Gasteiger partial charge in [-0.25, -0.2) is 0 Å². The molecule has 0 saturated carbocycles. The lowest BCUT2D eigenvalue weighted by Crippen LogP contribution is -2.45. The zero-order valence-electron chi connectivity index (χ0n) is 15.9. The summed E-state index contributed by atoms with van der Waals surface area (Å²) in [5.41, 5.74) is 0.964. The topological polar surface area (TPSA) is 75.8 Å². The van der Waals surface area contributed by atoms with Gasteiger partial charge in [0.05, 0.1) is 6.10 Å². The predicted molar refractivity (Wildman–Crippen MR) is 101 cm³/mol. The van der Waals surface area contributed by atoms with E-state index in [0.29, 0.717) is 6.54 Å². The number of guanidine groups is 1. The smallest absolute Gasteiger partial charge is 0.191 e. The molecule has 0 aliphatic rings. The number of aromatic nitrogens is 3. The van der Waals surface area contributed by atoms with Crippen molar-refractivity contribution in [1.82, 2.24) is 25.2 Å². The maximum atomic E-state index is 5.56. The van der Waals surface area contributed by atoms with Crippen LogP contribution >= 0.6 is 0 Å². The van der Waals surface area contributed by atoms with Crippen LogP contribution in [-0.4, -0.2) is 53.9 Å². The molecule has 7 nitrogen and oxygen atoms in total. The number of pyridine rings is 1. The van der Waals surface area contributed by atoms with Crippen LogP contribution in [0.4, 0.5) is 0 Å². The minimum Gasteiger partial charge on any atom is -0.379 e. The molecule has 2 aromatic heterocycles. The van der Waals surface area contributed by atoms with Gasteiger partial charge < -0.3 is 15.4 Å². The van der Waals surface area contributed by atoms with E-state index in [1.54, 1.807) is 14.2 Å². The molecule has 138 valence electrons. The summed E-state index contributed by atoms with van der Waals surface area (Å²) in [6.07, 6.45) is 3.92. The van der Waals surface area contributed by atoms with Gasteiger partial charge in [-0.3, -0.25) is 9.39 Å². The highest BCUT2D eigenvalue weighted by atomic mass is 16.5. The molecule has 0 bridgehead atoms. The molecular formula is C18H30N6O. The standard InChI is InChI=1S/C18H30N6O/c1-18(2,3)14(25-5)13-21-17(19-4)20-11-8-10-16-23-22-15-9-6-7-12-24(15)16/h6-7,9,12,14H,8,10-11,13H2,1-5H3,(H2,19,20,21). The quantitative estimate of drug-likeness (QED) is 0.455. The van der Waals surface area contributed by atoms with Crippen molar-refractivity contribution in [3.05, 3.63) is 30.2 Å². The number of fused-ring (bicyclic) bond motifs is 1. The largest absolute Gasteiger partial charge is 0.379 e. The van der Waals surface area contributed by atoms with Gasteiger partial charge >= 0.3 is 0 Å². The first-order valence-electron chi connectivity index (χ1n) is 8.71. The Morgan fingerprint density at radius 1 is 1.28 bits per heavy atom. The number of aliphatic imine (C=N–C) groups is 1. The van der Waals surface area contributed by atoms with Crippen LogP contribution in [0.25, 0.3) is 5.65 Å². The first-order chi connectivity index (χ1) is 12.0. The van der Waals surface area contributed by atoms with Crippen molar-refractivity contribution in [2.45, 2.75) is 39.7 Å². The maximum Gasteiger partial charge on any atom is 0.191 e. The molecule has 0 spiro atoms. The van der Waals surface area contributed by atoms with Crippen LogP contribution < -0.4 is 10.6 Å². The predicted octanol–water partition coefficient (Wildman–Crippen LogP) is 1.89. The van der Waals surface area contributed by atoms with Crippen molar-refractivity contribution in [2.24, 2.45) is 10.4 Å². The summed E-state index contributed by atoms with van der Waals surface area (Å²) in [5, 5.41) is 15.1. The highest BCUT2D eigenvalue weighted by molar-refractivity contribution is 5.79. The van der Waals surface area contributed by atoms with Crippen LogP contribution in [0, 0.1) is 5.41 Å². The average Bonchev–Trinajstić information content (AvgIpc) is 2.99. The summed E-state index contributed by atoms with van der Waals surface area (Å²) in [7, 11) is 3.52.